The van der Waals surface area contributed by atoms with Crippen molar-refractivity contribution >= 4 is 28.1 Å². The molecule has 0 spiro atoms. The van der Waals surface area contributed by atoms with Crippen LogP contribution < -0.4 is 0 Å². The average molecular weight is 377 g/mol. The molecule has 23 heavy (non-hydrogen) atoms. The minimum atomic E-state index is -0.895. The van der Waals surface area contributed by atoms with E-state index in [1.165, 1.54) is 6.07 Å². The van der Waals surface area contributed by atoms with E-state index in [1.807, 2.05) is 24.3 Å². The summed E-state index contributed by atoms with van der Waals surface area (Å²) in [5, 5.41) is 7.87. The van der Waals surface area contributed by atoms with Crippen LogP contribution in [0.1, 0.15) is 22.9 Å². The summed E-state index contributed by atoms with van der Waals surface area (Å²) in [6.45, 7) is 0. The lowest BCUT2D eigenvalue weighted by molar-refractivity contribution is 0.496. The van der Waals surface area contributed by atoms with E-state index in [9.17, 15) is 8.78 Å². The van der Waals surface area contributed by atoms with Gasteiger partial charge in [-0.15, -0.1) is 10.2 Å². The minimum Gasteiger partial charge on any atom is -0.421 e. The normalized spacial score (nSPS) is 11.3. The van der Waals surface area contributed by atoms with Crippen molar-refractivity contribution < 1.29 is 13.2 Å². The Balaban J connectivity index is 1.71. The number of hydrogen-bond acceptors (Lipinski definition) is 3. The summed E-state index contributed by atoms with van der Waals surface area (Å²) in [4.78, 5) is 0. The average Bonchev–Trinajstić information content (AvgIpc) is 2.96. The summed E-state index contributed by atoms with van der Waals surface area (Å²) in [6.07, 6.45) is 3.66. The molecule has 0 aliphatic heterocycles. The Bertz CT molecular complexity index is 861. The molecule has 3 nitrogen and oxygen atoms in total. The third kappa shape index (κ3) is 4.10. The molecule has 0 unspecified atom stereocenters. The fourth-order valence-electron chi connectivity index (χ4n) is 2.01. The van der Waals surface area contributed by atoms with Gasteiger partial charge >= 0.3 is 0 Å². The molecule has 1 heterocycles. The predicted molar refractivity (Wildman–Crippen MR) is 86.5 cm³/mol. The van der Waals surface area contributed by atoms with Gasteiger partial charge in [0.1, 0.15) is 0 Å². The molecule has 0 saturated carbocycles. The van der Waals surface area contributed by atoms with Crippen molar-refractivity contribution in [1.29, 1.82) is 0 Å². The van der Waals surface area contributed by atoms with Crippen LogP contribution in [0, 0.1) is 11.6 Å². The third-order valence-corrected chi connectivity index (χ3v) is 3.58. The van der Waals surface area contributed by atoms with Crippen LogP contribution in [0.5, 0.6) is 0 Å². The van der Waals surface area contributed by atoms with E-state index >= 15 is 0 Å². The first-order valence-electron chi connectivity index (χ1n) is 6.80. The minimum absolute atomic E-state index is 0.305. The second-order valence-corrected chi connectivity index (χ2v) is 5.76. The van der Waals surface area contributed by atoms with Crippen molar-refractivity contribution in [3.05, 3.63) is 81.5 Å². The highest BCUT2D eigenvalue weighted by Gasteiger charge is 2.06. The van der Waals surface area contributed by atoms with E-state index in [2.05, 4.69) is 26.1 Å². The van der Waals surface area contributed by atoms with Crippen LogP contribution in [0.3, 0.4) is 0 Å². The molecule has 2 aromatic carbocycles. The molecule has 3 rings (SSSR count). The highest BCUT2D eigenvalue weighted by atomic mass is 79.9. The second-order valence-electron chi connectivity index (χ2n) is 4.85. The Hall–Kier alpha value is -2.34. The molecule has 0 atom stereocenters. The van der Waals surface area contributed by atoms with E-state index in [4.69, 9.17) is 4.42 Å². The Kier molecular flexibility index (Phi) is 4.62. The van der Waals surface area contributed by atoms with Gasteiger partial charge in [-0.05, 0) is 41.5 Å². The summed E-state index contributed by atoms with van der Waals surface area (Å²) in [5.41, 5.74) is 1.55. The molecule has 0 amide bonds. The largest absolute Gasteiger partial charge is 0.421 e. The van der Waals surface area contributed by atoms with E-state index in [0.717, 1.165) is 22.2 Å². The Morgan fingerprint density at radius 3 is 2.65 bits per heavy atom. The number of aromatic nitrogens is 2. The predicted octanol–water partition coefficient (Wildman–Crippen LogP) is 4.87. The quantitative estimate of drug-likeness (QED) is 0.651. The Morgan fingerprint density at radius 2 is 1.87 bits per heavy atom. The summed E-state index contributed by atoms with van der Waals surface area (Å²) in [6, 6.07) is 11.4. The molecule has 0 N–H and O–H groups in total. The van der Waals surface area contributed by atoms with Gasteiger partial charge in [0.25, 0.3) is 0 Å². The monoisotopic (exact) mass is 376 g/mol. The smallest absolute Gasteiger partial charge is 0.240 e. The van der Waals surface area contributed by atoms with E-state index in [0.29, 0.717) is 23.8 Å². The summed E-state index contributed by atoms with van der Waals surface area (Å²) < 4.78 is 32.5. The van der Waals surface area contributed by atoms with Gasteiger partial charge in [-0.3, -0.25) is 0 Å². The standard InChI is InChI=1S/C17H11BrF2N2O/c18-13-3-1-2-12(8-13)10-17-22-21-16(23-17)7-5-11-4-6-14(19)15(20)9-11/h1-9H,10H2. The van der Waals surface area contributed by atoms with Crippen molar-refractivity contribution in [1.82, 2.24) is 10.2 Å². The fourth-order valence-corrected chi connectivity index (χ4v) is 2.46. The van der Waals surface area contributed by atoms with Crippen LogP contribution in [0.2, 0.25) is 0 Å². The number of rotatable bonds is 4. The Labute approximate surface area is 139 Å². The first kappa shape index (κ1) is 15.6. The zero-order valence-electron chi connectivity index (χ0n) is 11.8. The lowest BCUT2D eigenvalue weighted by atomic mass is 10.1. The molecular formula is C17H11BrF2N2O. The number of hydrogen-bond donors (Lipinski definition) is 0. The number of nitrogens with zero attached hydrogens (tertiary/aromatic N) is 2. The van der Waals surface area contributed by atoms with Crippen molar-refractivity contribution in [2.75, 3.05) is 0 Å². The van der Waals surface area contributed by atoms with Crippen LogP contribution in [-0.2, 0) is 6.42 Å². The summed E-state index contributed by atoms with van der Waals surface area (Å²) >= 11 is 3.41. The molecule has 0 saturated heterocycles. The molecular weight excluding hydrogens is 366 g/mol. The third-order valence-electron chi connectivity index (χ3n) is 3.09. The first-order chi connectivity index (χ1) is 11.1. The topological polar surface area (TPSA) is 38.9 Å². The van der Waals surface area contributed by atoms with Gasteiger partial charge in [-0.2, -0.15) is 0 Å². The molecule has 6 heteroatoms. The fraction of sp³-hybridized carbons (Fsp3) is 0.0588. The van der Waals surface area contributed by atoms with Crippen molar-refractivity contribution in [2.45, 2.75) is 6.42 Å². The molecule has 3 aromatic rings. The van der Waals surface area contributed by atoms with Gasteiger partial charge in [0.2, 0.25) is 11.8 Å². The van der Waals surface area contributed by atoms with Gasteiger partial charge in [-0.1, -0.05) is 34.1 Å². The van der Waals surface area contributed by atoms with E-state index in [-0.39, 0.29) is 0 Å². The van der Waals surface area contributed by atoms with Gasteiger partial charge in [0, 0.05) is 10.5 Å². The molecule has 0 bridgehead atoms. The van der Waals surface area contributed by atoms with Crippen LogP contribution >= 0.6 is 15.9 Å². The molecule has 0 fully saturated rings. The van der Waals surface area contributed by atoms with Gasteiger partial charge in [-0.25, -0.2) is 8.78 Å². The highest BCUT2D eigenvalue weighted by molar-refractivity contribution is 9.10. The maximum Gasteiger partial charge on any atom is 0.240 e. The molecule has 0 radical (unpaired) electrons. The summed E-state index contributed by atoms with van der Waals surface area (Å²) in [5.74, 6) is -0.989. The van der Waals surface area contributed by atoms with E-state index < -0.39 is 11.6 Å². The van der Waals surface area contributed by atoms with Crippen LogP contribution in [0.4, 0.5) is 8.78 Å². The highest BCUT2D eigenvalue weighted by Crippen LogP contribution is 2.16. The maximum absolute atomic E-state index is 13.1. The number of halogens is 3. The number of benzene rings is 2. The molecule has 116 valence electrons. The van der Waals surface area contributed by atoms with Crippen LogP contribution in [-0.4, -0.2) is 10.2 Å². The summed E-state index contributed by atoms with van der Waals surface area (Å²) in [7, 11) is 0. The Morgan fingerprint density at radius 1 is 1.00 bits per heavy atom. The lowest BCUT2D eigenvalue weighted by Crippen LogP contribution is -1.87. The zero-order valence-corrected chi connectivity index (χ0v) is 13.4. The molecule has 1 aromatic heterocycles. The zero-order chi connectivity index (χ0) is 16.2. The lowest BCUT2D eigenvalue weighted by Gasteiger charge is -1.97. The van der Waals surface area contributed by atoms with Crippen molar-refractivity contribution in [3.63, 3.8) is 0 Å². The first-order valence-corrected chi connectivity index (χ1v) is 7.59. The van der Waals surface area contributed by atoms with Gasteiger partial charge in [0.15, 0.2) is 11.6 Å². The van der Waals surface area contributed by atoms with Crippen molar-refractivity contribution in [2.24, 2.45) is 0 Å². The van der Waals surface area contributed by atoms with Crippen molar-refractivity contribution in [3.8, 4) is 0 Å². The van der Waals surface area contributed by atoms with Crippen LogP contribution in [0.15, 0.2) is 51.4 Å². The van der Waals surface area contributed by atoms with Gasteiger partial charge < -0.3 is 4.42 Å². The van der Waals surface area contributed by atoms with E-state index in [1.54, 1.807) is 12.2 Å². The molecule has 0 aliphatic rings. The molecule has 0 aliphatic carbocycles. The van der Waals surface area contributed by atoms with Gasteiger partial charge in [0.05, 0.1) is 6.42 Å². The van der Waals surface area contributed by atoms with Crippen LogP contribution in [0.25, 0.3) is 12.2 Å². The maximum atomic E-state index is 13.1. The second kappa shape index (κ2) is 6.83. The SMILES string of the molecule is Fc1ccc(C=Cc2nnc(Cc3cccc(Br)c3)o2)cc1F.